The first kappa shape index (κ1) is 18.6. The Kier molecular flexibility index (Phi) is 6.20. The van der Waals surface area contributed by atoms with Crippen LogP contribution in [-0.4, -0.2) is 32.8 Å². The molecule has 0 fully saturated rings. The summed E-state index contributed by atoms with van der Waals surface area (Å²) < 4.78 is 0. The Morgan fingerprint density at radius 3 is 2.52 bits per heavy atom. The van der Waals surface area contributed by atoms with Crippen LogP contribution in [0.3, 0.4) is 0 Å². The predicted molar refractivity (Wildman–Crippen MR) is 105 cm³/mol. The van der Waals surface area contributed by atoms with E-state index >= 15 is 0 Å². The molecule has 3 aromatic rings. The van der Waals surface area contributed by atoms with Gasteiger partial charge in [0.15, 0.2) is 5.82 Å². The summed E-state index contributed by atoms with van der Waals surface area (Å²) in [6.45, 7) is 3.85. The first-order valence-electron chi connectivity index (χ1n) is 8.96. The highest BCUT2D eigenvalue weighted by Crippen LogP contribution is 2.13. The van der Waals surface area contributed by atoms with Crippen molar-refractivity contribution in [2.45, 2.75) is 33.1 Å². The normalized spacial score (nSPS) is 11.4. The van der Waals surface area contributed by atoms with E-state index in [-0.39, 0.29) is 0 Å². The van der Waals surface area contributed by atoms with E-state index in [4.69, 9.17) is 4.84 Å². The molecular formula is C21H23N5O. The van der Waals surface area contributed by atoms with Crippen LogP contribution < -0.4 is 0 Å². The van der Waals surface area contributed by atoms with E-state index in [1.54, 1.807) is 6.20 Å². The quantitative estimate of drug-likeness (QED) is 0.473. The molecule has 0 aliphatic rings. The fraction of sp³-hybridized carbons (Fsp3) is 0.286. The first-order valence-corrected chi connectivity index (χ1v) is 8.96. The average Bonchev–Trinajstić information content (AvgIpc) is 2.69. The van der Waals surface area contributed by atoms with Crippen molar-refractivity contribution in [1.82, 2.24) is 19.9 Å². The van der Waals surface area contributed by atoms with Gasteiger partial charge in [-0.05, 0) is 63.4 Å². The maximum atomic E-state index is 4.82. The van der Waals surface area contributed by atoms with Crippen LogP contribution in [-0.2, 0) is 17.7 Å². The smallest absolute Gasteiger partial charge is 0.178 e. The highest BCUT2D eigenvalue weighted by atomic mass is 16.6. The third-order valence-electron chi connectivity index (χ3n) is 4.10. The SMILES string of the molecule is CO/N=C(\C)c1cccc(CCCc2ccnc(-c3cccc(C)n3)n2)n1. The molecule has 0 bridgehead atoms. The van der Waals surface area contributed by atoms with Crippen molar-refractivity contribution in [3.8, 4) is 11.5 Å². The number of hydrogen-bond donors (Lipinski definition) is 0. The third kappa shape index (κ3) is 5.17. The molecule has 0 radical (unpaired) electrons. The van der Waals surface area contributed by atoms with Crippen LogP contribution in [0.4, 0.5) is 0 Å². The largest absolute Gasteiger partial charge is 0.399 e. The van der Waals surface area contributed by atoms with E-state index in [1.165, 1.54) is 7.11 Å². The average molecular weight is 361 g/mol. The van der Waals surface area contributed by atoms with E-state index in [9.17, 15) is 0 Å². The van der Waals surface area contributed by atoms with Gasteiger partial charge in [0.2, 0.25) is 0 Å². The predicted octanol–water partition coefficient (Wildman–Crippen LogP) is 3.79. The summed E-state index contributed by atoms with van der Waals surface area (Å²) in [5.74, 6) is 0.669. The van der Waals surface area contributed by atoms with Gasteiger partial charge >= 0.3 is 0 Å². The van der Waals surface area contributed by atoms with E-state index in [2.05, 4.69) is 25.1 Å². The van der Waals surface area contributed by atoms with Crippen molar-refractivity contribution >= 4 is 5.71 Å². The van der Waals surface area contributed by atoms with Gasteiger partial charge in [0.25, 0.3) is 0 Å². The van der Waals surface area contributed by atoms with Gasteiger partial charge in [-0.25, -0.2) is 15.0 Å². The van der Waals surface area contributed by atoms with E-state index in [1.807, 2.05) is 56.3 Å². The number of hydrogen-bond acceptors (Lipinski definition) is 6. The lowest BCUT2D eigenvalue weighted by molar-refractivity contribution is 0.213. The molecule has 0 N–H and O–H groups in total. The summed E-state index contributed by atoms with van der Waals surface area (Å²) in [6, 6.07) is 13.8. The number of rotatable bonds is 7. The van der Waals surface area contributed by atoms with Crippen LogP contribution >= 0.6 is 0 Å². The zero-order valence-electron chi connectivity index (χ0n) is 15.9. The molecule has 3 rings (SSSR count). The fourth-order valence-corrected chi connectivity index (χ4v) is 2.78. The second-order valence-corrected chi connectivity index (χ2v) is 6.26. The van der Waals surface area contributed by atoms with Gasteiger partial charge in [0.05, 0.1) is 5.69 Å². The van der Waals surface area contributed by atoms with Crippen LogP contribution in [0.5, 0.6) is 0 Å². The molecule has 3 heterocycles. The molecule has 0 aliphatic carbocycles. The number of nitrogens with zero attached hydrogens (tertiary/aromatic N) is 5. The van der Waals surface area contributed by atoms with Gasteiger partial charge in [-0.15, -0.1) is 0 Å². The molecule has 0 unspecified atom stereocenters. The molecule has 0 aliphatic heterocycles. The number of pyridine rings is 2. The molecule has 0 saturated carbocycles. The van der Waals surface area contributed by atoms with Gasteiger partial charge in [0, 0.05) is 23.3 Å². The van der Waals surface area contributed by atoms with Crippen molar-refractivity contribution in [2.75, 3.05) is 7.11 Å². The topological polar surface area (TPSA) is 73.2 Å². The fourth-order valence-electron chi connectivity index (χ4n) is 2.78. The third-order valence-corrected chi connectivity index (χ3v) is 4.10. The molecular weight excluding hydrogens is 338 g/mol. The van der Waals surface area contributed by atoms with Crippen molar-refractivity contribution in [3.63, 3.8) is 0 Å². The minimum absolute atomic E-state index is 0.669. The standard InChI is InChI=1S/C21H23N5O/c1-15-7-4-12-20(23-15)21-22-14-13-18(25-21)9-5-8-17-10-6-11-19(24-17)16(2)26-27-3/h4,6-7,10-14H,5,8-9H2,1-3H3/b26-16+. The Hall–Kier alpha value is -3.15. The van der Waals surface area contributed by atoms with E-state index < -0.39 is 0 Å². The zero-order valence-corrected chi connectivity index (χ0v) is 15.9. The highest BCUT2D eigenvalue weighted by Gasteiger charge is 2.06. The van der Waals surface area contributed by atoms with Crippen molar-refractivity contribution in [1.29, 1.82) is 0 Å². The molecule has 0 aromatic carbocycles. The lowest BCUT2D eigenvalue weighted by Crippen LogP contribution is -2.03. The van der Waals surface area contributed by atoms with Crippen molar-refractivity contribution < 1.29 is 4.84 Å². The van der Waals surface area contributed by atoms with Gasteiger partial charge in [-0.3, -0.25) is 4.98 Å². The summed E-state index contributed by atoms with van der Waals surface area (Å²) in [6.07, 6.45) is 4.48. The molecule has 6 nitrogen and oxygen atoms in total. The maximum absolute atomic E-state index is 4.82. The Morgan fingerprint density at radius 2 is 1.74 bits per heavy atom. The molecule has 0 atom stereocenters. The lowest BCUT2D eigenvalue weighted by Gasteiger charge is -2.06. The van der Waals surface area contributed by atoms with Crippen LogP contribution in [0.1, 0.15) is 36.1 Å². The minimum Gasteiger partial charge on any atom is -0.399 e. The highest BCUT2D eigenvalue weighted by molar-refractivity contribution is 5.96. The van der Waals surface area contributed by atoms with Gasteiger partial charge in [-0.1, -0.05) is 17.3 Å². The summed E-state index contributed by atoms with van der Waals surface area (Å²) in [4.78, 5) is 23.0. The number of aromatic nitrogens is 4. The van der Waals surface area contributed by atoms with Crippen LogP contribution in [0.25, 0.3) is 11.5 Å². The second-order valence-electron chi connectivity index (χ2n) is 6.26. The Balaban J connectivity index is 1.64. The maximum Gasteiger partial charge on any atom is 0.178 e. The molecule has 3 aromatic heterocycles. The summed E-state index contributed by atoms with van der Waals surface area (Å²) in [5.41, 5.74) is 5.41. The Labute approximate surface area is 159 Å². The monoisotopic (exact) mass is 361 g/mol. The van der Waals surface area contributed by atoms with E-state index in [0.29, 0.717) is 5.82 Å². The van der Waals surface area contributed by atoms with Crippen LogP contribution in [0, 0.1) is 6.92 Å². The molecule has 6 heteroatoms. The molecule has 27 heavy (non-hydrogen) atoms. The molecule has 0 spiro atoms. The first-order chi connectivity index (χ1) is 13.2. The Bertz CT molecular complexity index is 939. The van der Waals surface area contributed by atoms with Crippen molar-refractivity contribution in [3.05, 3.63) is 71.4 Å². The molecule has 0 saturated heterocycles. The van der Waals surface area contributed by atoms with Gasteiger partial charge in [-0.2, -0.15) is 0 Å². The van der Waals surface area contributed by atoms with Crippen LogP contribution in [0.2, 0.25) is 0 Å². The van der Waals surface area contributed by atoms with Crippen LogP contribution in [0.15, 0.2) is 53.8 Å². The zero-order chi connectivity index (χ0) is 19.1. The van der Waals surface area contributed by atoms with Crippen molar-refractivity contribution in [2.24, 2.45) is 5.16 Å². The Morgan fingerprint density at radius 1 is 0.963 bits per heavy atom. The number of oxime groups is 1. The summed E-state index contributed by atoms with van der Waals surface area (Å²) in [7, 11) is 1.54. The molecule has 138 valence electrons. The van der Waals surface area contributed by atoms with Gasteiger partial charge < -0.3 is 4.84 Å². The summed E-state index contributed by atoms with van der Waals surface area (Å²) >= 11 is 0. The molecule has 0 amide bonds. The van der Waals surface area contributed by atoms with E-state index in [0.717, 1.165) is 53.4 Å². The minimum atomic E-state index is 0.669. The van der Waals surface area contributed by atoms with Gasteiger partial charge in [0.1, 0.15) is 18.5 Å². The second kappa shape index (κ2) is 8.98. The number of aryl methyl sites for hydroxylation is 3. The lowest BCUT2D eigenvalue weighted by atomic mass is 10.1. The summed E-state index contributed by atoms with van der Waals surface area (Å²) in [5, 5.41) is 3.94.